The zero-order valence-electron chi connectivity index (χ0n) is 27.8. The smallest absolute Gasteiger partial charge is 0.338 e. The predicted octanol–water partition coefficient (Wildman–Crippen LogP) is 5.35. The summed E-state index contributed by atoms with van der Waals surface area (Å²) in [6, 6.07) is 19.0. The van der Waals surface area contributed by atoms with E-state index in [2.05, 4.69) is 4.99 Å². The molecule has 0 aliphatic carbocycles. The van der Waals surface area contributed by atoms with Crippen molar-refractivity contribution in [1.29, 1.82) is 0 Å². The third-order valence-corrected chi connectivity index (χ3v) is 8.43. The van der Waals surface area contributed by atoms with Crippen LogP contribution in [0.25, 0.3) is 6.08 Å². The Bertz CT molecular complexity index is 2030. The van der Waals surface area contributed by atoms with Gasteiger partial charge in [0.1, 0.15) is 12.4 Å². The minimum absolute atomic E-state index is 0.0802. The van der Waals surface area contributed by atoms with Gasteiger partial charge in [-0.1, -0.05) is 47.7 Å². The summed E-state index contributed by atoms with van der Waals surface area (Å²) >= 11 is 1.23. The van der Waals surface area contributed by atoms with Gasteiger partial charge in [-0.25, -0.2) is 14.6 Å². The Morgan fingerprint density at radius 3 is 2.33 bits per heavy atom. The number of fused-ring (bicyclic) bond motifs is 1. The number of rotatable bonds is 12. The molecule has 1 aliphatic heterocycles. The van der Waals surface area contributed by atoms with Crippen LogP contribution in [-0.4, -0.2) is 42.9 Å². The van der Waals surface area contributed by atoms with E-state index in [0.29, 0.717) is 55.6 Å². The van der Waals surface area contributed by atoms with Crippen molar-refractivity contribution in [3.63, 3.8) is 0 Å². The molecule has 0 fully saturated rings. The lowest BCUT2D eigenvalue weighted by molar-refractivity contribution is -0.139. The summed E-state index contributed by atoms with van der Waals surface area (Å²) in [6.07, 6.45) is 1.69. The average Bonchev–Trinajstić information content (AvgIpc) is 3.37. The molecular formula is C37H38N2O8S. The van der Waals surface area contributed by atoms with E-state index in [1.54, 1.807) is 58.2 Å². The summed E-state index contributed by atoms with van der Waals surface area (Å²) in [6.45, 7) is 9.80. The van der Waals surface area contributed by atoms with Gasteiger partial charge in [0, 0.05) is 5.56 Å². The van der Waals surface area contributed by atoms with Crippen LogP contribution >= 0.6 is 11.3 Å². The van der Waals surface area contributed by atoms with E-state index in [1.807, 2.05) is 56.3 Å². The highest BCUT2D eigenvalue weighted by atomic mass is 32.1. The quantitative estimate of drug-likeness (QED) is 0.186. The van der Waals surface area contributed by atoms with Gasteiger partial charge in [0.15, 0.2) is 16.3 Å². The number of aromatic nitrogens is 1. The van der Waals surface area contributed by atoms with Gasteiger partial charge in [-0.3, -0.25) is 9.36 Å². The molecule has 11 heteroatoms. The molecule has 0 unspecified atom stereocenters. The lowest BCUT2D eigenvalue weighted by Gasteiger charge is -2.25. The first-order valence-corrected chi connectivity index (χ1v) is 16.5. The minimum atomic E-state index is -0.812. The van der Waals surface area contributed by atoms with Crippen LogP contribution in [0, 0.1) is 0 Å². The highest BCUT2D eigenvalue weighted by molar-refractivity contribution is 7.07. The molecule has 250 valence electrons. The second kappa shape index (κ2) is 15.2. The number of benzene rings is 3. The topological polar surface area (TPSA) is 115 Å². The monoisotopic (exact) mass is 670 g/mol. The number of para-hydroxylation sites is 1. The van der Waals surface area contributed by atoms with E-state index < -0.39 is 12.0 Å². The van der Waals surface area contributed by atoms with Crippen molar-refractivity contribution >= 4 is 29.4 Å². The number of carbonyl (C=O) groups is 2. The molecule has 0 N–H and O–H groups in total. The zero-order chi connectivity index (χ0) is 34.4. The summed E-state index contributed by atoms with van der Waals surface area (Å²) in [4.78, 5) is 44.7. The number of hydrogen-bond donors (Lipinski definition) is 0. The second-order valence-electron chi connectivity index (χ2n) is 11.1. The number of ether oxygens (including phenoxy) is 5. The highest BCUT2D eigenvalue weighted by Gasteiger charge is 2.34. The zero-order valence-corrected chi connectivity index (χ0v) is 28.6. The molecule has 0 spiro atoms. The number of methoxy groups -OCH3 is 1. The Morgan fingerprint density at radius 1 is 0.938 bits per heavy atom. The molecule has 0 bridgehead atoms. The van der Waals surface area contributed by atoms with Gasteiger partial charge in [0.2, 0.25) is 0 Å². The maximum absolute atomic E-state index is 14.2. The number of thiazole rings is 1. The molecule has 48 heavy (non-hydrogen) atoms. The third kappa shape index (κ3) is 7.36. The van der Waals surface area contributed by atoms with Crippen LogP contribution in [0.1, 0.15) is 67.7 Å². The lowest BCUT2D eigenvalue weighted by Crippen LogP contribution is -2.40. The first-order chi connectivity index (χ1) is 23.1. The number of esters is 2. The SMILES string of the molecule is CCOC(=O)C1=C(C)N=c2s/c(=C/c3ccccc3OCc3ccc(C(=O)OCC)cc3)c(=O)n2[C@H]1c1ccc(OC(C)C)c(OC)c1. The van der Waals surface area contributed by atoms with E-state index in [0.717, 1.165) is 5.56 Å². The largest absolute Gasteiger partial charge is 0.493 e. The van der Waals surface area contributed by atoms with Crippen molar-refractivity contribution < 1.29 is 33.3 Å². The number of carbonyl (C=O) groups excluding carboxylic acids is 2. The minimum Gasteiger partial charge on any atom is -0.493 e. The van der Waals surface area contributed by atoms with Crippen LogP contribution in [0.3, 0.4) is 0 Å². The standard InChI is InChI=1S/C37H38N2O8S/c1-7-44-35(41)25-15-13-24(14-16-25)21-46-28-12-10-9-11-26(28)20-31-34(40)39-33(27-17-18-29(47-22(3)4)30(19-27)43-6)32(36(42)45-8-2)23(5)38-37(39)48-31/h9-20,22,33H,7-8,21H2,1-6H3/b31-20+/t33-/m0/s1. The Labute approximate surface area is 282 Å². The molecule has 4 aromatic rings. The van der Waals surface area contributed by atoms with Crippen molar-refractivity contribution in [2.24, 2.45) is 4.99 Å². The summed E-state index contributed by atoms with van der Waals surface area (Å²) in [5, 5.41) is 0. The predicted molar refractivity (Wildman–Crippen MR) is 182 cm³/mol. The average molecular weight is 671 g/mol. The van der Waals surface area contributed by atoms with Crippen molar-refractivity contribution in [3.05, 3.63) is 120 Å². The van der Waals surface area contributed by atoms with E-state index in [9.17, 15) is 14.4 Å². The van der Waals surface area contributed by atoms with Gasteiger partial charge in [-0.2, -0.15) is 0 Å². The van der Waals surface area contributed by atoms with Crippen LogP contribution in [0.4, 0.5) is 0 Å². The fourth-order valence-corrected chi connectivity index (χ4v) is 6.33. The Kier molecular flexibility index (Phi) is 10.8. The summed E-state index contributed by atoms with van der Waals surface area (Å²) in [7, 11) is 1.54. The number of hydrogen-bond acceptors (Lipinski definition) is 10. The Balaban J connectivity index is 1.54. The molecule has 1 atom stereocenters. The molecule has 0 radical (unpaired) electrons. The highest BCUT2D eigenvalue weighted by Crippen LogP contribution is 2.36. The van der Waals surface area contributed by atoms with Gasteiger partial charge >= 0.3 is 11.9 Å². The van der Waals surface area contributed by atoms with Gasteiger partial charge in [-0.05, 0) is 82.2 Å². The molecule has 10 nitrogen and oxygen atoms in total. The van der Waals surface area contributed by atoms with E-state index >= 15 is 0 Å². The molecule has 3 aromatic carbocycles. The van der Waals surface area contributed by atoms with Crippen molar-refractivity contribution in [1.82, 2.24) is 4.57 Å². The van der Waals surface area contributed by atoms with Crippen molar-refractivity contribution in [2.75, 3.05) is 20.3 Å². The maximum atomic E-state index is 14.2. The van der Waals surface area contributed by atoms with Crippen LogP contribution < -0.4 is 29.1 Å². The van der Waals surface area contributed by atoms with Crippen LogP contribution in [-0.2, 0) is 20.9 Å². The first-order valence-electron chi connectivity index (χ1n) is 15.7. The lowest BCUT2D eigenvalue weighted by atomic mass is 9.95. The maximum Gasteiger partial charge on any atom is 0.338 e. The summed E-state index contributed by atoms with van der Waals surface area (Å²) in [5.74, 6) is 0.674. The summed E-state index contributed by atoms with van der Waals surface area (Å²) < 4.78 is 30.1. The molecule has 1 aliphatic rings. The second-order valence-corrected chi connectivity index (χ2v) is 12.1. The summed E-state index contributed by atoms with van der Waals surface area (Å²) in [5.41, 5.74) is 3.09. The first kappa shape index (κ1) is 34.2. The van der Waals surface area contributed by atoms with Crippen LogP contribution in [0.15, 0.2) is 87.8 Å². The normalized spacial score (nSPS) is 14.3. The fraction of sp³-hybridized carbons (Fsp3) is 0.297. The molecular weight excluding hydrogens is 632 g/mol. The van der Waals surface area contributed by atoms with Crippen LogP contribution in [0.5, 0.6) is 17.2 Å². The molecule has 1 aromatic heterocycles. The van der Waals surface area contributed by atoms with E-state index in [4.69, 9.17) is 23.7 Å². The van der Waals surface area contributed by atoms with E-state index in [-0.39, 0.29) is 36.4 Å². The van der Waals surface area contributed by atoms with Gasteiger partial charge in [0.25, 0.3) is 5.56 Å². The van der Waals surface area contributed by atoms with E-state index in [1.165, 1.54) is 15.9 Å². The van der Waals surface area contributed by atoms with Crippen molar-refractivity contribution in [3.8, 4) is 17.2 Å². The molecule has 0 amide bonds. The van der Waals surface area contributed by atoms with Crippen molar-refractivity contribution in [2.45, 2.75) is 53.4 Å². The Morgan fingerprint density at radius 2 is 1.65 bits per heavy atom. The van der Waals surface area contributed by atoms with Crippen LogP contribution in [0.2, 0.25) is 0 Å². The number of nitrogens with zero attached hydrogens (tertiary/aromatic N) is 2. The molecule has 5 rings (SSSR count). The molecule has 0 saturated heterocycles. The van der Waals surface area contributed by atoms with Gasteiger partial charge in [0.05, 0.1) is 53.8 Å². The molecule has 0 saturated carbocycles. The van der Waals surface area contributed by atoms with Gasteiger partial charge in [-0.15, -0.1) is 0 Å². The Hall–Kier alpha value is -5.16. The number of allylic oxidation sites excluding steroid dienone is 1. The molecule has 2 heterocycles. The third-order valence-electron chi connectivity index (χ3n) is 7.45. The fourth-order valence-electron chi connectivity index (χ4n) is 5.30. The van der Waals surface area contributed by atoms with Gasteiger partial charge < -0.3 is 23.7 Å².